The van der Waals surface area contributed by atoms with Gasteiger partial charge in [0.1, 0.15) is 0 Å². The highest BCUT2D eigenvalue weighted by Gasteiger charge is 2.43. The van der Waals surface area contributed by atoms with Gasteiger partial charge in [-0.1, -0.05) is 18.2 Å². The third-order valence-electron chi connectivity index (χ3n) is 8.73. The van der Waals surface area contributed by atoms with Crippen LogP contribution in [0.4, 0.5) is 0 Å². The lowest BCUT2D eigenvalue weighted by atomic mass is 9.75. The Hall–Kier alpha value is -0.930. The number of hydrogen-bond acceptors (Lipinski definition) is 3. The second-order valence-electron chi connectivity index (χ2n) is 12.0. The second kappa shape index (κ2) is 8.54. The molecule has 2 aliphatic carbocycles. The van der Waals surface area contributed by atoms with E-state index in [1.165, 1.54) is 83.3 Å². The number of nitrogens with zero attached hydrogens (tertiary/aromatic N) is 3. The van der Waals surface area contributed by atoms with Crippen molar-refractivity contribution in [2.75, 3.05) is 32.7 Å². The fraction of sp³-hybridized carbons (Fsp3) is 0.815. The molecule has 3 heteroatoms. The van der Waals surface area contributed by atoms with Crippen LogP contribution in [0.3, 0.4) is 0 Å². The maximum absolute atomic E-state index is 4.61. The van der Waals surface area contributed by atoms with Gasteiger partial charge in [-0.3, -0.25) is 9.89 Å². The summed E-state index contributed by atoms with van der Waals surface area (Å²) in [5.74, 6) is 0. The molecule has 0 amide bonds. The van der Waals surface area contributed by atoms with Crippen LogP contribution in [-0.4, -0.2) is 59.8 Å². The van der Waals surface area contributed by atoms with Crippen molar-refractivity contribution in [3.63, 3.8) is 0 Å². The van der Waals surface area contributed by atoms with E-state index in [1.54, 1.807) is 5.57 Å². The Kier molecular flexibility index (Phi) is 6.34. The van der Waals surface area contributed by atoms with Gasteiger partial charge in [0.05, 0.1) is 6.54 Å². The zero-order valence-corrected chi connectivity index (χ0v) is 20.3. The summed E-state index contributed by atoms with van der Waals surface area (Å²) >= 11 is 0. The molecule has 0 atom stereocenters. The standard InChI is InChI=1S/C14H22N2.C13H23N/c1-11(2)16-7-4-14(5-8-16)9-12-3-6-15-13(12)10-14;1-12(2,3)14-10-8-13(9-11-14)6-4-5-7-13/h3,11H,4-10H2,1-2H3;4-5H,6-11H2,1-3H3. The molecular formula is C27H45N3. The summed E-state index contributed by atoms with van der Waals surface area (Å²) in [6.07, 6.45) is 17.9. The Morgan fingerprint density at radius 3 is 2.00 bits per heavy atom. The molecule has 3 heterocycles. The first-order valence-electron chi connectivity index (χ1n) is 12.6. The van der Waals surface area contributed by atoms with E-state index in [0.29, 0.717) is 16.4 Å². The van der Waals surface area contributed by atoms with E-state index in [4.69, 9.17) is 0 Å². The van der Waals surface area contributed by atoms with Crippen molar-refractivity contribution in [3.8, 4) is 0 Å². The van der Waals surface area contributed by atoms with Crippen LogP contribution in [0.2, 0.25) is 0 Å². The lowest BCUT2D eigenvalue weighted by molar-refractivity contribution is 0.0483. The molecule has 0 N–H and O–H groups in total. The molecule has 2 saturated heterocycles. The van der Waals surface area contributed by atoms with Gasteiger partial charge in [-0.05, 0) is 129 Å². The first-order valence-corrected chi connectivity index (χ1v) is 12.6. The largest absolute Gasteiger partial charge is 0.301 e. The minimum atomic E-state index is 0.369. The van der Waals surface area contributed by atoms with Crippen LogP contribution in [0.5, 0.6) is 0 Å². The van der Waals surface area contributed by atoms with Gasteiger partial charge in [-0.25, -0.2) is 0 Å². The van der Waals surface area contributed by atoms with Crippen LogP contribution in [0.1, 0.15) is 86.0 Å². The molecule has 0 bridgehead atoms. The van der Waals surface area contributed by atoms with Crippen LogP contribution >= 0.6 is 0 Å². The fourth-order valence-corrected chi connectivity index (χ4v) is 6.33. The van der Waals surface area contributed by atoms with Crippen molar-refractivity contribution in [1.82, 2.24) is 9.80 Å². The summed E-state index contributed by atoms with van der Waals surface area (Å²) < 4.78 is 0. The van der Waals surface area contributed by atoms with E-state index in [2.05, 4.69) is 67.6 Å². The molecule has 3 aliphatic heterocycles. The zero-order chi connectivity index (χ0) is 21.4. The van der Waals surface area contributed by atoms with Gasteiger partial charge in [0.15, 0.2) is 0 Å². The molecule has 0 aromatic rings. The summed E-state index contributed by atoms with van der Waals surface area (Å²) in [7, 11) is 0. The van der Waals surface area contributed by atoms with E-state index in [9.17, 15) is 0 Å². The Morgan fingerprint density at radius 2 is 1.47 bits per heavy atom. The minimum Gasteiger partial charge on any atom is -0.301 e. The highest BCUT2D eigenvalue weighted by Crippen LogP contribution is 2.48. The molecule has 0 unspecified atom stereocenters. The molecule has 0 radical (unpaired) electrons. The number of fused-ring (bicyclic) bond motifs is 1. The monoisotopic (exact) mass is 411 g/mol. The topological polar surface area (TPSA) is 18.8 Å². The average Bonchev–Trinajstić information content (AvgIpc) is 3.39. The number of aliphatic imine (C=N–C) groups is 1. The Bertz CT molecular complexity index is 658. The third-order valence-corrected chi connectivity index (χ3v) is 8.73. The molecule has 0 aromatic heterocycles. The van der Waals surface area contributed by atoms with E-state index < -0.39 is 0 Å². The third kappa shape index (κ3) is 4.78. The molecule has 168 valence electrons. The predicted octanol–water partition coefficient (Wildman–Crippen LogP) is 5.87. The fourth-order valence-electron chi connectivity index (χ4n) is 6.33. The van der Waals surface area contributed by atoms with E-state index in [1.807, 2.05) is 0 Å². The molecule has 5 rings (SSSR count). The van der Waals surface area contributed by atoms with Crippen molar-refractivity contribution in [1.29, 1.82) is 0 Å². The van der Waals surface area contributed by atoms with Gasteiger partial charge in [-0.2, -0.15) is 0 Å². The van der Waals surface area contributed by atoms with E-state index >= 15 is 0 Å². The van der Waals surface area contributed by atoms with Crippen molar-refractivity contribution in [3.05, 3.63) is 23.8 Å². The van der Waals surface area contributed by atoms with Gasteiger partial charge in [0.2, 0.25) is 0 Å². The SMILES string of the molecule is CC(C)(C)N1CCC2(CC=CC2)CC1.CC(C)N1CCC2(CC1)CC1=CCN=C1C2. The maximum Gasteiger partial charge on any atom is 0.0580 e. The maximum atomic E-state index is 4.61. The van der Waals surface area contributed by atoms with Gasteiger partial charge >= 0.3 is 0 Å². The van der Waals surface area contributed by atoms with Gasteiger partial charge in [0, 0.05) is 17.3 Å². The second-order valence-corrected chi connectivity index (χ2v) is 12.0. The Balaban J connectivity index is 0.000000147. The van der Waals surface area contributed by atoms with Crippen LogP contribution in [0.15, 0.2) is 28.8 Å². The molecule has 0 aromatic carbocycles. The van der Waals surface area contributed by atoms with Gasteiger partial charge < -0.3 is 4.90 Å². The van der Waals surface area contributed by atoms with E-state index in [-0.39, 0.29) is 0 Å². The van der Waals surface area contributed by atoms with Crippen LogP contribution in [0, 0.1) is 10.8 Å². The molecule has 30 heavy (non-hydrogen) atoms. The van der Waals surface area contributed by atoms with Crippen LogP contribution in [0.25, 0.3) is 0 Å². The lowest BCUT2D eigenvalue weighted by Crippen LogP contribution is -2.48. The molecule has 2 spiro atoms. The Labute approximate surface area is 185 Å². The number of allylic oxidation sites excluding steroid dienone is 3. The van der Waals surface area contributed by atoms with E-state index in [0.717, 1.165) is 12.6 Å². The summed E-state index contributed by atoms with van der Waals surface area (Å²) in [5, 5.41) is 0. The highest BCUT2D eigenvalue weighted by molar-refractivity contribution is 6.04. The summed E-state index contributed by atoms with van der Waals surface area (Å²) in [4.78, 5) is 9.87. The number of piperidine rings is 2. The summed E-state index contributed by atoms with van der Waals surface area (Å²) in [6, 6.07) is 0.717. The first-order chi connectivity index (χ1) is 14.2. The Morgan fingerprint density at radius 1 is 0.867 bits per heavy atom. The quantitative estimate of drug-likeness (QED) is 0.503. The summed E-state index contributed by atoms with van der Waals surface area (Å²) in [6.45, 7) is 17.8. The van der Waals surface area contributed by atoms with Crippen molar-refractivity contribution < 1.29 is 0 Å². The first kappa shape index (κ1) is 22.3. The summed E-state index contributed by atoms with van der Waals surface area (Å²) in [5.41, 5.74) is 4.65. The van der Waals surface area contributed by atoms with Crippen LogP contribution < -0.4 is 0 Å². The van der Waals surface area contributed by atoms with Crippen molar-refractivity contribution >= 4 is 5.71 Å². The van der Waals surface area contributed by atoms with Gasteiger partial charge in [0.25, 0.3) is 0 Å². The number of likely N-dealkylation sites (tertiary alicyclic amines) is 2. The smallest absolute Gasteiger partial charge is 0.0580 e. The highest BCUT2D eigenvalue weighted by atomic mass is 15.2. The van der Waals surface area contributed by atoms with Crippen molar-refractivity contribution in [2.45, 2.75) is 97.6 Å². The normalized spacial score (nSPS) is 27.9. The number of rotatable bonds is 1. The van der Waals surface area contributed by atoms with Crippen molar-refractivity contribution in [2.24, 2.45) is 15.8 Å². The minimum absolute atomic E-state index is 0.369. The predicted molar refractivity (Wildman–Crippen MR) is 129 cm³/mol. The molecule has 3 fully saturated rings. The number of hydrogen-bond donors (Lipinski definition) is 0. The average molecular weight is 412 g/mol. The molecular weight excluding hydrogens is 366 g/mol. The van der Waals surface area contributed by atoms with Gasteiger partial charge in [-0.15, -0.1) is 0 Å². The zero-order valence-electron chi connectivity index (χ0n) is 20.3. The molecule has 3 nitrogen and oxygen atoms in total. The molecule has 1 saturated carbocycles. The lowest BCUT2D eigenvalue weighted by Gasteiger charge is -2.45. The van der Waals surface area contributed by atoms with Crippen LogP contribution in [-0.2, 0) is 0 Å². The molecule has 5 aliphatic rings.